The third kappa shape index (κ3) is 3.41. The Morgan fingerprint density at radius 1 is 1.35 bits per heavy atom. The highest BCUT2D eigenvalue weighted by molar-refractivity contribution is 6.06. The van der Waals surface area contributed by atoms with E-state index >= 15 is 0 Å². The molecule has 8 atom stereocenters. The Labute approximate surface area is 183 Å². The Morgan fingerprint density at radius 2 is 2.10 bits per heavy atom. The lowest BCUT2D eigenvalue weighted by atomic mass is 9.46. The quantitative estimate of drug-likeness (QED) is 0.505. The Kier molecular flexibility index (Phi) is 5.73. The number of aliphatic hydroxyl groups excluding tert-OH is 2. The number of nitrogens with one attached hydrogen (secondary N) is 1. The van der Waals surface area contributed by atoms with Crippen molar-refractivity contribution >= 4 is 17.4 Å². The van der Waals surface area contributed by atoms with Gasteiger partial charge in [-0.1, -0.05) is 32.4 Å². The highest BCUT2D eigenvalue weighted by Gasteiger charge is 2.64. The lowest BCUT2D eigenvalue weighted by molar-refractivity contribution is -0.142. The van der Waals surface area contributed by atoms with Crippen LogP contribution in [0.1, 0.15) is 46.5 Å². The highest BCUT2D eigenvalue weighted by Crippen LogP contribution is 2.67. The molecule has 170 valence electrons. The number of nitrogens with zero attached hydrogens (tertiary/aromatic N) is 1. The smallest absolute Gasteiger partial charge is 0.253 e. The molecule has 7 heteroatoms. The average Bonchev–Trinajstić information content (AvgIpc) is 3.00. The second-order valence-corrected chi connectivity index (χ2v) is 10.5. The van der Waals surface area contributed by atoms with Crippen molar-refractivity contribution in [3.05, 3.63) is 23.8 Å². The molecular formula is C24H35N3O4. The summed E-state index contributed by atoms with van der Waals surface area (Å²) in [7, 11) is 0. The number of allylic oxidation sites excluding steroid dienone is 4. The minimum atomic E-state index is -0.515. The number of aliphatic hydroxyl groups is 2. The molecule has 1 amide bonds. The maximum absolute atomic E-state index is 12.6. The van der Waals surface area contributed by atoms with Gasteiger partial charge in [-0.05, 0) is 61.0 Å². The van der Waals surface area contributed by atoms with Crippen molar-refractivity contribution in [2.75, 3.05) is 13.2 Å². The summed E-state index contributed by atoms with van der Waals surface area (Å²) in [5.74, 6) is 0.394. The monoisotopic (exact) mass is 429 g/mol. The first-order chi connectivity index (χ1) is 14.7. The fourth-order valence-corrected chi connectivity index (χ4v) is 7.73. The SMILES string of the molecule is C[C@@H]1CC2[C@@H]3CCC4=C/C(=N/NC(=O)CN)C=C[C@]4(C)C3[C@@H](O)C[C@]2(C)[C@H]1C(=O)CO. The van der Waals surface area contributed by atoms with E-state index in [1.54, 1.807) is 0 Å². The number of fused-ring (bicyclic) bond motifs is 5. The topological polar surface area (TPSA) is 125 Å². The summed E-state index contributed by atoms with van der Waals surface area (Å²) in [6.07, 6.45) is 8.99. The number of carbonyl (C=O) groups excluding carboxylic acids is 2. The summed E-state index contributed by atoms with van der Waals surface area (Å²) in [6, 6.07) is 0. The number of ketones is 1. The predicted molar refractivity (Wildman–Crippen MR) is 118 cm³/mol. The number of amides is 1. The molecule has 0 aromatic heterocycles. The van der Waals surface area contributed by atoms with Crippen LogP contribution in [0, 0.1) is 40.4 Å². The van der Waals surface area contributed by atoms with E-state index in [1.807, 2.05) is 12.2 Å². The van der Waals surface area contributed by atoms with Gasteiger partial charge in [-0.25, -0.2) is 5.43 Å². The molecule has 0 heterocycles. The third-order valence-corrected chi connectivity index (χ3v) is 8.85. The van der Waals surface area contributed by atoms with Gasteiger partial charge in [0.05, 0.1) is 18.4 Å². The largest absolute Gasteiger partial charge is 0.393 e. The minimum absolute atomic E-state index is 0.0799. The molecule has 4 rings (SSSR count). The molecule has 7 nitrogen and oxygen atoms in total. The summed E-state index contributed by atoms with van der Waals surface area (Å²) in [6.45, 7) is 5.95. The van der Waals surface area contributed by atoms with Gasteiger partial charge in [0, 0.05) is 17.3 Å². The van der Waals surface area contributed by atoms with Gasteiger partial charge in [-0.3, -0.25) is 9.59 Å². The Bertz CT molecular complexity index is 865. The Balaban J connectivity index is 1.64. The molecule has 2 unspecified atom stereocenters. The van der Waals surface area contributed by atoms with Crippen molar-refractivity contribution in [3.63, 3.8) is 0 Å². The van der Waals surface area contributed by atoms with E-state index in [1.165, 1.54) is 5.57 Å². The average molecular weight is 430 g/mol. The lowest BCUT2D eigenvalue weighted by Gasteiger charge is -2.58. The predicted octanol–water partition coefficient (Wildman–Crippen LogP) is 1.55. The molecule has 4 aliphatic carbocycles. The second-order valence-electron chi connectivity index (χ2n) is 10.5. The number of hydrogen-bond donors (Lipinski definition) is 4. The molecule has 3 saturated carbocycles. The van der Waals surface area contributed by atoms with E-state index in [0.717, 1.165) is 19.3 Å². The van der Waals surface area contributed by atoms with E-state index in [0.29, 0.717) is 24.0 Å². The van der Waals surface area contributed by atoms with E-state index < -0.39 is 12.7 Å². The molecule has 0 aromatic rings. The first-order valence-electron chi connectivity index (χ1n) is 11.4. The number of hydrogen-bond acceptors (Lipinski definition) is 6. The summed E-state index contributed by atoms with van der Waals surface area (Å²) in [4.78, 5) is 24.0. The Hall–Kier alpha value is -1.83. The second kappa shape index (κ2) is 7.94. The van der Waals surface area contributed by atoms with Gasteiger partial charge in [-0.2, -0.15) is 5.10 Å². The highest BCUT2D eigenvalue weighted by atomic mass is 16.3. The standard InChI is InChI=1S/C24H35N3O4/c1-13-8-17-16-5-4-14-9-15(26-27-20(31)11-25)6-7-23(14,2)22(16)18(29)10-24(17,3)21(13)19(30)12-28/h6-7,9,13,16-18,21-22,28-29H,4-5,8,10-12,25H2,1-3H3,(H,27,31)/b26-15+/t13-,16+,17?,18+,21-,22?,23+,24+/m1/s1. The van der Waals surface area contributed by atoms with Gasteiger partial charge in [0.15, 0.2) is 5.78 Å². The van der Waals surface area contributed by atoms with Crippen LogP contribution in [-0.4, -0.2) is 46.9 Å². The van der Waals surface area contributed by atoms with Crippen molar-refractivity contribution in [2.24, 2.45) is 51.3 Å². The van der Waals surface area contributed by atoms with Gasteiger partial charge in [-0.15, -0.1) is 0 Å². The summed E-state index contributed by atoms with van der Waals surface area (Å²) in [5, 5.41) is 25.1. The number of rotatable bonds is 4. The molecule has 0 saturated heterocycles. The zero-order valence-electron chi connectivity index (χ0n) is 18.7. The van der Waals surface area contributed by atoms with E-state index in [9.17, 15) is 19.8 Å². The van der Waals surface area contributed by atoms with Crippen LogP contribution in [0.3, 0.4) is 0 Å². The molecule has 3 fully saturated rings. The van der Waals surface area contributed by atoms with Gasteiger partial charge in [0.25, 0.3) is 5.91 Å². The van der Waals surface area contributed by atoms with Crippen LogP contribution >= 0.6 is 0 Å². The first-order valence-corrected chi connectivity index (χ1v) is 11.4. The summed E-state index contributed by atoms with van der Waals surface area (Å²) >= 11 is 0. The van der Waals surface area contributed by atoms with E-state index in [2.05, 4.69) is 37.4 Å². The fourth-order valence-electron chi connectivity index (χ4n) is 7.73. The van der Waals surface area contributed by atoms with Crippen LogP contribution in [0.5, 0.6) is 0 Å². The molecule has 0 aromatic carbocycles. The minimum Gasteiger partial charge on any atom is -0.393 e. The van der Waals surface area contributed by atoms with Crippen LogP contribution < -0.4 is 11.2 Å². The van der Waals surface area contributed by atoms with Gasteiger partial charge < -0.3 is 15.9 Å². The number of Topliss-reactive ketones (excluding diaryl/α,β-unsaturated/α-hetero) is 1. The van der Waals surface area contributed by atoms with Gasteiger partial charge in [0.1, 0.15) is 6.61 Å². The van der Waals surface area contributed by atoms with Crippen LogP contribution in [0.4, 0.5) is 0 Å². The van der Waals surface area contributed by atoms with Gasteiger partial charge in [0.2, 0.25) is 0 Å². The lowest BCUT2D eigenvalue weighted by Crippen LogP contribution is -2.56. The molecule has 0 radical (unpaired) electrons. The van der Waals surface area contributed by atoms with Crippen molar-refractivity contribution < 1.29 is 19.8 Å². The van der Waals surface area contributed by atoms with E-state index in [4.69, 9.17) is 5.73 Å². The summed E-state index contributed by atoms with van der Waals surface area (Å²) in [5.41, 5.74) is 9.16. The number of carbonyl (C=O) groups is 2. The number of nitrogens with two attached hydrogens (primary N) is 1. The molecule has 31 heavy (non-hydrogen) atoms. The van der Waals surface area contributed by atoms with Crippen molar-refractivity contribution in [2.45, 2.75) is 52.6 Å². The van der Waals surface area contributed by atoms with Crippen molar-refractivity contribution in [1.29, 1.82) is 0 Å². The maximum atomic E-state index is 12.6. The first kappa shape index (κ1) is 22.4. The van der Waals surface area contributed by atoms with Crippen molar-refractivity contribution in [1.82, 2.24) is 5.43 Å². The van der Waals surface area contributed by atoms with Crippen LogP contribution in [0.15, 0.2) is 28.9 Å². The zero-order chi connectivity index (χ0) is 22.6. The number of hydrazone groups is 1. The van der Waals surface area contributed by atoms with Crippen LogP contribution in [-0.2, 0) is 9.59 Å². The van der Waals surface area contributed by atoms with Gasteiger partial charge >= 0.3 is 0 Å². The molecular weight excluding hydrogens is 394 g/mol. The zero-order valence-corrected chi connectivity index (χ0v) is 18.7. The van der Waals surface area contributed by atoms with E-state index in [-0.39, 0.29) is 46.8 Å². The third-order valence-electron chi connectivity index (χ3n) is 8.85. The molecule has 5 N–H and O–H groups in total. The molecule has 0 aliphatic heterocycles. The molecule has 0 spiro atoms. The fraction of sp³-hybridized carbons (Fsp3) is 0.708. The maximum Gasteiger partial charge on any atom is 0.253 e. The normalized spacial score (nSPS) is 44.8. The molecule has 4 aliphatic rings. The molecule has 0 bridgehead atoms. The Morgan fingerprint density at radius 3 is 2.77 bits per heavy atom. The van der Waals surface area contributed by atoms with Crippen molar-refractivity contribution in [3.8, 4) is 0 Å². The van der Waals surface area contributed by atoms with Crippen LogP contribution in [0.2, 0.25) is 0 Å². The van der Waals surface area contributed by atoms with Crippen LogP contribution in [0.25, 0.3) is 0 Å². The summed E-state index contributed by atoms with van der Waals surface area (Å²) < 4.78 is 0.